The van der Waals surface area contributed by atoms with Crippen molar-refractivity contribution in [3.8, 4) is 0 Å². The van der Waals surface area contributed by atoms with Crippen LogP contribution in [0.1, 0.15) is 27.3 Å². The Morgan fingerprint density at radius 1 is 1.00 bits per heavy atom. The number of carbonyl (C=O) groups excluding carboxylic acids is 4. The minimum absolute atomic E-state index is 0.0137. The Balaban J connectivity index is 2.18. The van der Waals surface area contributed by atoms with E-state index in [1.54, 1.807) is 6.07 Å². The molecule has 0 saturated heterocycles. The van der Waals surface area contributed by atoms with Gasteiger partial charge in [-0.1, -0.05) is 12.1 Å². The van der Waals surface area contributed by atoms with Crippen LogP contribution >= 0.6 is 0 Å². The molecule has 0 radical (unpaired) electrons. The molecule has 0 aliphatic heterocycles. The second-order valence-corrected chi connectivity index (χ2v) is 4.90. The average molecular weight is 344 g/mol. The Kier molecular flexibility index (Phi) is 5.51. The molecule has 2 N–H and O–H groups in total. The van der Waals surface area contributed by atoms with E-state index in [4.69, 9.17) is 4.42 Å². The van der Waals surface area contributed by atoms with Crippen molar-refractivity contribution < 1.29 is 33.8 Å². The highest BCUT2D eigenvalue weighted by molar-refractivity contribution is 6.08. The molecule has 0 bridgehead atoms. The zero-order valence-corrected chi connectivity index (χ0v) is 12.7. The molecule has 2 amide bonds. The van der Waals surface area contributed by atoms with Crippen LogP contribution in [0.3, 0.4) is 0 Å². The van der Waals surface area contributed by atoms with Gasteiger partial charge in [-0.2, -0.15) is 0 Å². The van der Waals surface area contributed by atoms with Crippen molar-refractivity contribution in [3.63, 3.8) is 0 Å². The van der Waals surface area contributed by atoms with Crippen LogP contribution in [0.25, 0.3) is 0 Å². The number of carboxylic acid groups (broad SMARTS) is 2. The number of carbonyl (C=O) groups is 4. The topological polar surface area (TPSA) is 152 Å². The van der Waals surface area contributed by atoms with E-state index in [0.29, 0.717) is 0 Å². The number of rotatable bonds is 7. The normalized spacial score (nSPS) is 11.4. The first-order valence-corrected chi connectivity index (χ1v) is 7.04. The fourth-order valence-corrected chi connectivity index (χ4v) is 1.98. The van der Waals surface area contributed by atoms with Crippen LogP contribution in [-0.4, -0.2) is 29.8 Å². The molecule has 1 heterocycles. The summed E-state index contributed by atoms with van der Waals surface area (Å²) in [6, 6.07) is 6.95. The molecule has 0 unspecified atom stereocenters. The van der Waals surface area contributed by atoms with Gasteiger partial charge in [-0.05, 0) is 24.3 Å². The number of hydrogen-bond acceptors (Lipinski definition) is 7. The molecular weight excluding hydrogens is 332 g/mol. The van der Waals surface area contributed by atoms with Crippen molar-refractivity contribution in [3.05, 3.63) is 54.0 Å². The maximum Gasteiger partial charge on any atom is 0.291 e. The van der Waals surface area contributed by atoms with Crippen molar-refractivity contribution in [1.82, 2.24) is 5.32 Å². The molecule has 9 nitrogen and oxygen atoms in total. The Hall–Kier alpha value is -3.62. The van der Waals surface area contributed by atoms with E-state index in [0.717, 1.165) is 0 Å². The number of anilines is 1. The predicted molar refractivity (Wildman–Crippen MR) is 79.0 cm³/mol. The largest absolute Gasteiger partial charge is 0.550 e. The summed E-state index contributed by atoms with van der Waals surface area (Å²) in [6.45, 7) is 0. The SMILES string of the molecule is O=C([O-])C[C@H](NC(=O)c1ccccc1NC(=O)c1ccco1)C(=O)[O-]. The van der Waals surface area contributed by atoms with E-state index in [1.165, 1.54) is 36.6 Å². The maximum absolute atomic E-state index is 12.2. The van der Waals surface area contributed by atoms with Gasteiger partial charge in [0.15, 0.2) is 5.76 Å². The molecule has 0 saturated carbocycles. The highest BCUT2D eigenvalue weighted by atomic mass is 16.4. The fourth-order valence-electron chi connectivity index (χ4n) is 1.98. The predicted octanol–water partition coefficient (Wildman–Crippen LogP) is -1.48. The van der Waals surface area contributed by atoms with E-state index in [1.807, 2.05) is 5.32 Å². The maximum atomic E-state index is 12.2. The van der Waals surface area contributed by atoms with E-state index in [2.05, 4.69) is 5.32 Å². The molecule has 0 spiro atoms. The van der Waals surface area contributed by atoms with Crippen LogP contribution in [0.15, 0.2) is 47.1 Å². The molecule has 0 fully saturated rings. The summed E-state index contributed by atoms with van der Waals surface area (Å²) in [7, 11) is 0. The minimum Gasteiger partial charge on any atom is -0.550 e. The lowest BCUT2D eigenvalue weighted by atomic mass is 10.1. The van der Waals surface area contributed by atoms with Gasteiger partial charge in [-0.25, -0.2) is 0 Å². The third kappa shape index (κ3) is 4.67. The summed E-state index contributed by atoms with van der Waals surface area (Å²) >= 11 is 0. The summed E-state index contributed by atoms with van der Waals surface area (Å²) < 4.78 is 4.94. The van der Waals surface area contributed by atoms with Crippen molar-refractivity contribution in [2.24, 2.45) is 0 Å². The monoisotopic (exact) mass is 344 g/mol. The Morgan fingerprint density at radius 2 is 1.72 bits per heavy atom. The van der Waals surface area contributed by atoms with Gasteiger partial charge in [0, 0.05) is 12.4 Å². The van der Waals surface area contributed by atoms with Gasteiger partial charge in [0.25, 0.3) is 11.8 Å². The minimum atomic E-state index is -1.77. The Labute approximate surface area is 141 Å². The Bertz CT molecular complexity index is 799. The molecule has 2 aromatic rings. The fraction of sp³-hybridized carbons (Fsp3) is 0.125. The number of benzene rings is 1. The molecule has 2 rings (SSSR count). The number of nitrogens with one attached hydrogen (secondary N) is 2. The highest BCUT2D eigenvalue weighted by Crippen LogP contribution is 2.17. The molecular formula is C16H12N2O7-2. The highest BCUT2D eigenvalue weighted by Gasteiger charge is 2.19. The number of para-hydroxylation sites is 1. The number of hydrogen-bond donors (Lipinski definition) is 2. The molecule has 1 aromatic heterocycles. The van der Waals surface area contributed by atoms with E-state index in [9.17, 15) is 29.4 Å². The summed E-state index contributed by atoms with van der Waals surface area (Å²) in [4.78, 5) is 45.7. The number of aliphatic carboxylic acids is 2. The lowest BCUT2D eigenvalue weighted by Gasteiger charge is -2.21. The van der Waals surface area contributed by atoms with Gasteiger partial charge in [0.05, 0.1) is 29.5 Å². The van der Waals surface area contributed by atoms with Gasteiger partial charge >= 0.3 is 0 Å². The standard InChI is InChI=1S/C16H14N2O7/c19-13(20)8-11(16(23)24)18-14(21)9-4-1-2-5-10(9)17-15(22)12-6-3-7-25-12/h1-7,11H,8H2,(H,17,22)(H,18,21)(H,19,20)(H,23,24)/p-2/t11-/m0/s1. The first-order chi connectivity index (χ1) is 11.9. The molecule has 0 aliphatic carbocycles. The van der Waals surface area contributed by atoms with Gasteiger partial charge in [-0.3, -0.25) is 9.59 Å². The zero-order chi connectivity index (χ0) is 18.4. The number of amides is 2. The van der Waals surface area contributed by atoms with E-state index < -0.39 is 36.2 Å². The molecule has 0 aliphatic rings. The summed E-state index contributed by atoms with van der Waals surface area (Å²) in [5, 5.41) is 25.9. The first-order valence-electron chi connectivity index (χ1n) is 7.04. The second-order valence-electron chi connectivity index (χ2n) is 4.90. The van der Waals surface area contributed by atoms with Gasteiger partial charge in [0.1, 0.15) is 0 Å². The van der Waals surface area contributed by atoms with Crippen LogP contribution in [0.5, 0.6) is 0 Å². The Morgan fingerprint density at radius 3 is 2.32 bits per heavy atom. The summed E-state index contributed by atoms with van der Waals surface area (Å²) in [5.41, 5.74) is 0.0268. The molecule has 9 heteroatoms. The van der Waals surface area contributed by atoms with Crippen LogP contribution < -0.4 is 20.8 Å². The van der Waals surface area contributed by atoms with Gasteiger partial charge < -0.3 is 34.9 Å². The smallest absolute Gasteiger partial charge is 0.291 e. The van der Waals surface area contributed by atoms with E-state index in [-0.39, 0.29) is 17.0 Å². The van der Waals surface area contributed by atoms with Gasteiger partial charge in [0.2, 0.25) is 0 Å². The van der Waals surface area contributed by atoms with Crippen molar-refractivity contribution in [1.29, 1.82) is 0 Å². The van der Waals surface area contributed by atoms with Crippen LogP contribution in [-0.2, 0) is 9.59 Å². The quantitative estimate of drug-likeness (QED) is 0.621. The molecule has 1 aromatic carbocycles. The molecule has 25 heavy (non-hydrogen) atoms. The van der Waals surface area contributed by atoms with Crippen LogP contribution in [0.4, 0.5) is 5.69 Å². The lowest BCUT2D eigenvalue weighted by molar-refractivity contribution is -0.317. The van der Waals surface area contributed by atoms with E-state index >= 15 is 0 Å². The van der Waals surface area contributed by atoms with Gasteiger partial charge in [-0.15, -0.1) is 0 Å². The third-order valence-electron chi connectivity index (χ3n) is 3.13. The number of furan rings is 1. The van der Waals surface area contributed by atoms with Crippen LogP contribution in [0, 0.1) is 0 Å². The molecule has 1 atom stereocenters. The summed E-state index contributed by atoms with van der Waals surface area (Å²) in [6.07, 6.45) is 0.354. The lowest BCUT2D eigenvalue weighted by Crippen LogP contribution is -2.50. The number of carboxylic acids is 2. The summed E-state index contributed by atoms with van der Waals surface area (Å²) in [5.74, 6) is -4.93. The van der Waals surface area contributed by atoms with Crippen molar-refractivity contribution in [2.75, 3.05) is 5.32 Å². The van der Waals surface area contributed by atoms with Crippen molar-refractivity contribution >= 4 is 29.4 Å². The molecule has 130 valence electrons. The second kappa shape index (κ2) is 7.77. The zero-order valence-electron chi connectivity index (χ0n) is 12.7. The third-order valence-corrected chi connectivity index (χ3v) is 3.13. The van der Waals surface area contributed by atoms with Crippen LogP contribution in [0.2, 0.25) is 0 Å². The average Bonchev–Trinajstić information content (AvgIpc) is 3.08. The van der Waals surface area contributed by atoms with Crippen molar-refractivity contribution in [2.45, 2.75) is 12.5 Å². The first kappa shape index (κ1) is 17.7.